The first-order valence-corrected chi connectivity index (χ1v) is 16.1. The standard InChI is InChI=1S/C41H25N3S/c1-2-14-27(15-3-1)43-36-22-9-7-18-32(36)38-33-25-24-31-30-17-6-8-21-35(30)44(39(31)40(33)45-41(38)43)37-23-11-20-34(42-37)29-19-10-13-26-12-4-5-16-28(26)29/h1-25H. The minimum atomic E-state index is 0.924. The van der Waals surface area contributed by atoms with Crippen LogP contribution in [-0.4, -0.2) is 14.1 Å². The molecule has 0 unspecified atom stereocenters. The summed E-state index contributed by atoms with van der Waals surface area (Å²) in [7, 11) is 0. The van der Waals surface area contributed by atoms with Crippen LogP contribution < -0.4 is 0 Å². The van der Waals surface area contributed by atoms with Gasteiger partial charge in [0.2, 0.25) is 0 Å². The van der Waals surface area contributed by atoms with E-state index in [2.05, 4.69) is 161 Å². The van der Waals surface area contributed by atoms with Crippen molar-refractivity contribution in [2.24, 2.45) is 0 Å². The molecule has 0 atom stereocenters. The number of aromatic nitrogens is 3. The van der Waals surface area contributed by atoms with Crippen molar-refractivity contribution in [3.05, 3.63) is 152 Å². The minimum absolute atomic E-state index is 0.924. The smallest absolute Gasteiger partial charge is 0.138 e. The summed E-state index contributed by atoms with van der Waals surface area (Å²) >= 11 is 1.88. The number of nitrogens with zero attached hydrogens (tertiary/aromatic N) is 3. The first kappa shape index (κ1) is 24.7. The largest absolute Gasteiger partial charge is 0.301 e. The van der Waals surface area contributed by atoms with Gasteiger partial charge in [0.25, 0.3) is 0 Å². The Kier molecular flexibility index (Phi) is 5.16. The molecule has 0 bridgehead atoms. The molecular formula is C41H25N3S. The predicted octanol–water partition coefficient (Wildman–Crippen LogP) is 11.3. The van der Waals surface area contributed by atoms with Crippen LogP contribution in [0.3, 0.4) is 0 Å². The zero-order valence-electron chi connectivity index (χ0n) is 24.2. The van der Waals surface area contributed by atoms with Gasteiger partial charge >= 0.3 is 0 Å². The molecule has 10 rings (SSSR count). The number of hydrogen-bond acceptors (Lipinski definition) is 2. The maximum atomic E-state index is 5.36. The maximum Gasteiger partial charge on any atom is 0.138 e. The molecule has 3 nitrogen and oxygen atoms in total. The number of thiophene rings is 1. The number of fused-ring (bicyclic) bond motifs is 10. The number of pyridine rings is 1. The second kappa shape index (κ2) is 9.39. The van der Waals surface area contributed by atoms with E-state index < -0.39 is 0 Å². The molecule has 45 heavy (non-hydrogen) atoms. The van der Waals surface area contributed by atoms with Gasteiger partial charge in [-0.2, -0.15) is 0 Å². The Morgan fingerprint density at radius 1 is 0.467 bits per heavy atom. The monoisotopic (exact) mass is 591 g/mol. The third-order valence-electron chi connectivity index (χ3n) is 9.13. The molecule has 0 spiro atoms. The van der Waals surface area contributed by atoms with E-state index in [4.69, 9.17) is 4.98 Å². The summed E-state index contributed by atoms with van der Waals surface area (Å²) in [6.45, 7) is 0. The summed E-state index contributed by atoms with van der Waals surface area (Å²) in [5.74, 6) is 0.924. The summed E-state index contributed by atoms with van der Waals surface area (Å²) < 4.78 is 6.08. The van der Waals surface area contributed by atoms with E-state index in [1.54, 1.807) is 0 Å². The van der Waals surface area contributed by atoms with E-state index in [1.807, 2.05) is 11.3 Å². The van der Waals surface area contributed by atoms with Crippen LogP contribution in [0.1, 0.15) is 0 Å². The Morgan fingerprint density at radius 3 is 2.00 bits per heavy atom. The summed E-state index contributed by atoms with van der Waals surface area (Å²) in [5, 5.41) is 8.78. The molecular weight excluding hydrogens is 567 g/mol. The van der Waals surface area contributed by atoms with Crippen molar-refractivity contribution in [2.75, 3.05) is 0 Å². The van der Waals surface area contributed by atoms with E-state index in [-0.39, 0.29) is 0 Å². The van der Waals surface area contributed by atoms with Gasteiger partial charge < -0.3 is 4.57 Å². The molecule has 0 radical (unpaired) electrons. The average molecular weight is 592 g/mol. The van der Waals surface area contributed by atoms with Crippen molar-refractivity contribution in [3.8, 4) is 22.8 Å². The van der Waals surface area contributed by atoms with Crippen molar-refractivity contribution < 1.29 is 0 Å². The van der Waals surface area contributed by atoms with Crippen LogP contribution in [0.5, 0.6) is 0 Å². The zero-order valence-corrected chi connectivity index (χ0v) is 25.0. The third kappa shape index (κ3) is 3.48. The van der Waals surface area contributed by atoms with Crippen LogP contribution in [0.25, 0.3) is 86.5 Å². The molecule has 0 amide bonds. The van der Waals surface area contributed by atoms with Gasteiger partial charge in [-0.05, 0) is 47.2 Å². The second-order valence-electron chi connectivity index (χ2n) is 11.6. The Hall–Kier alpha value is -5.71. The highest BCUT2D eigenvalue weighted by Gasteiger charge is 2.22. The molecule has 0 N–H and O–H groups in total. The van der Waals surface area contributed by atoms with Crippen LogP contribution >= 0.6 is 11.3 Å². The first-order chi connectivity index (χ1) is 22.3. The van der Waals surface area contributed by atoms with Gasteiger partial charge in [0.05, 0.1) is 26.9 Å². The highest BCUT2D eigenvalue weighted by molar-refractivity contribution is 7.26. The Balaban J connectivity index is 1.32. The first-order valence-electron chi connectivity index (χ1n) is 15.2. The van der Waals surface area contributed by atoms with E-state index in [1.165, 1.54) is 64.0 Å². The topological polar surface area (TPSA) is 22.8 Å². The Bertz CT molecular complexity index is 2760. The molecule has 6 aromatic carbocycles. The molecule has 210 valence electrons. The second-order valence-corrected chi connectivity index (χ2v) is 12.6. The molecule has 0 aliphatic carbocycles. The molecule has 0 saturated carbocycles. The van der Waals surface area contributed by atoms with Crippen molar-refractivity contribution >= 4 is 75.1 Å². The zero-order chi connectivity index (χ0) is 29.5. The summed E-state index contributed by atoms with van der Waals surface area (Å²) in [5.41, 5.74) is 6.90. The van der Waals surface area contributed by atoms with Crippen LogP contribution in [0.4, 0.5) is 0 Å². The van der Waals surface area contributed by atoms with E-state index in [0.29, 0.717) is 0 Å². The van der Waals surface area contributed by atoms with E-state index in [9.17, 15) is 0 Å². The summed E-state index contributed by atoms with van der Waals surface area (Å²) in [4.78, 5) is 6.62. The number of benzene rings is 6. The molecule has 0 fully saturated rings. The predicted molar refractivity (Wildman–Crippen MR) is 191 cm³/mol. The van der Waals surface area contributed by atoms with Gasteiger partial charge in [-0.15, -0.1) is 11.3 Å². The van der Waals surface area contributed by atoms with Gasteiger partial charge in [-0.1, -0.05) is 115 Å². The van der Waals surface area contributed by atoms with Crippen molar-refractivity contribution in [3.63, 3.8) is 0 Å². The minimum Gasteiger partial charge on any atom is -0.301 e. The molecule has 10 aromatic rings. The van der Waals surface area contributed by atoms with Gasteiger partial charge in [0.1, 0.15) is 10.6 Å². The molecule has 4 aromatic heterocycles. The number of hydrogen-bond donors (Lipinski definition) is 0. The van der Waals surface area contributed by atoms with Crippen LogP contribution in [0.2, 0.25) is 0 Å². The Morgan fingerprint density at radius 2 is 1.13 bits per heavy atom. The molecule has 0 aliphatic heterocycles. The van der Waals surface area contributed by atoms with Crippen LogP contribution in [-0.2, 0) is 0 Å². The maximum absolute atomic E-state index is 5.36. The fourth-order valence-electron chi connectivity index (χ4n) is 7.22. The quantitative estimate of drug-likeness (QED) is 0.200. The van der Waals surface area contributed by atoms with E-state index in [0.717, 1.165) is 22.6 Å². The third-order valence-corrected chi connectivity index (χ3v) is 10.3. The molecule has 0 aliphatic rings. The van der Waals surface area contributed by atoms with Gasteiger partial charge in [0.15, 0.2) is 0 Å². The normalized spacial score (nSPS) is 12.0. The summed E-state index contributed by atoms with van der Waals surface area (Å²) in [6, 6.07) is 54.3. The van der Waals surface area contributed by atoms with Gasteiger partial charge in [-0.25, -0.2) is 4.98 Å². The van der Waals surface area contributed by atoms with Gasteiger partial charge in [0, 0.05) is 38.2 Å². The average Bonchev–Trinajstić information content (AvgIpc) is 3.75. The Labute approximate surface area is 262 Å². The molecule has 0 saturated heterocycles. The lowest BCUT2D eigenvalue weighted by molar-refractivity contribution is 1.09. The van der Waals surface area contributed by atoms with Gasteiger partial charge in [-0.3, -0.25) is 4.57 Å². The fraction of sp³-hybridized carbons (Fsp3) is 0. The lowest BCUT2D eigenvalue weighted by Crippen LogP contribution is -1.98. The molecule has 4 heteroatoms. The van der Waals surface area contributed by atoms with Crippen LogP contribution in [0, 0.1) is 0 Å². The van der Waals surface area contributed by atoms with Crippen molar-refractivity contribution in [1.82, 2.24) is 14.1 Å². The van der Waals surface area contributed by atoms with Crippen LogP contribution in [0.15, 0.2) is 152 Å². The van der Waals surface area contributed by atoms with E-state index >= 15 is 0 Å². The highest BCUT2D eigenvalue weighted by atomic mass is 32.1. The van der Waals surface area contributed by atoms with Crippen molar-refractivity contribution in [1.29, 1.82) is 0 Å². The highest BCUT2D eigenvalue weighted by Crippen LogP contribution is 2.47. The SMILES string of the molecule is c1ccc(-n2c3ccccc3c3c4ccc5c6ccccc6n(-c6cccc(-c7cccc8ccccc78)n6)c5c4sc32)cc1. The lowest BCUT2D eigenvalue weighted by Gasteiger charge is -2.11. The lowest BCUT2D eigenvalue weighted by atomic mass is 10.0. The van der Waals surface area contributed by atoms with Crippen molar-refractivity contribution in [2.45, 2.75) is 0 Å². The fourth-order valence-corrected chi connectivity index (χ4v) is 8.60. The number of para-hydroxylation sites is 3. The number of rotatable bonds is 3. The molecule has 4 heterocycles. The summed E-state index contributed by atoms with van der Waals surface area (Å²) in [6.07, 6.45) is 0.